The molecule has 0 radical (unpaired) electrons. The van der Waals surface area contributed by atoms with Crippen molar-refractivity contribution in [3.8, 4) is 11.4 Å². The third kappa shape index (κ3) is 11.7. The number of ether oxygens (including phenoxy) is 1. The van der Waals surface area contributed by atoms with E-state index in [9.17, 15) is 13.2 Å². The Bertz CT molecular complexity index is 1200. The van der Waals surface area contributed by atoms with Crippen LogP contribution in [0.5, 0.6) is 0 Å². The number of allylic oxidation sites excluding steroid dienone is 3. The second-order valence-corrected chi connectivity index (χ2v) is 7.93. The first-order valence-electron chi connectivity index (χ1n) is 13.1. The van der Waals surface area contributed by atoms with E-state index in [1.807, 2.05) is 65.0 Å². The number of aliphatic imine (C=N–C) groups is 1. The van der Waals surface area contributed by atoms with Gasteiger partial charge in [0.25, 0.3) is 0 Å². The van der Waals surface area contributed by atoms with Gasteiger partial charge in [0.2, 0.25) is 5.95 Å². The Balaban J connectivity index is 0.00000181. The maximum atomic E-state index is 13.0. The zero-order valence-corrected chi connectivity index (χ0v) is 23.7. The Morgan fingerprint density at radius 2 is 1.82 bits per heavy atom. The van der Waals surface area contributed by atoms with E-state index in [4.69, 9.17) is 9.73 Å². The molecular formula is C30H40F3N5O. The summed E-state index contributed by atoms with van der Waals surface area (Å²) in [5, 5.41) is 9.74. The summed E-state index contributed by atoms with van der Waals surface area (Å²) in [5.41, 5.74) is 3.23. The number of hydrogen-bond acceptors (Lipinski definition) is 5. The molecule has 0 aliphatic rings. The first kappa shape index (κ1) is 33.3. The second kappa shape index (κ2) is 17.7. The van der Waals surface area contributed by atoms with Crippen LogP contribution in [-0.2, 0) is 17.3 Å². The molecule has 2 aromatic carbocycles. The number of methoxy groups -OCH3 is 1. The highest BCUT2D eigenvalue weighted by Crippen LogP contribution is 2.31. The van der Waals surface area contributed by atoms with Gasteiger partial charge in [-0.1, -0.05) is 64.6 Å². The summed E-state index contributed by atoms with van der Waals surface area (Å²) in [5.74, 6) is 0.670. The topological polar surface area (TPSA) is 75.2 Å². The van der Waals surface area contributed by atoms with E-state index in [0.717, 1.165) is 47.5 Å². The molecule has 2 N–H and O–H groups in total. The number of rotatable bonds is 11. The maximum Gasteiger partial charge on any atom is 0.416 e. The van der Waals surface area contributed by atoms with Gasteiger partial charge in [0, 0.05) is 42.8 Å². The quantitative estimate of drug-likeness (QED) is 0.144. The molecule has 39 heavy (non-hydrogen) atoms. The Hall–Kier alpha value is -3.72. The van der Waals surface area contributed by atoms with Crippen LogP contribution in [-0.4, -0.2) is 34.6 Å². The third-order valence-electron chi connectivity index (χ3n) is 5.05. The van der Waals surface area contributed by atoms with Gasteiger partial charge < -0.3 is 10.1 Å². The Kier molecular flexibility index (Phi) is 15.1. The van der Waals surface area contributed by atoms with Crippen molar-refractivity contribution in [1.29, 1.82) is 0 Å². The molecule has 0 spiro atoms. The number of benzene rings is 2. The Morgan fingerprint density at radius 3 is 2.49 bits per heavy atom. The SMILES string of the molecule is C=C/C=C(/Cc1cccc(-c2nc(Nc3cccc(C(F)(F)F)c3)n[nH]2)c1)N=C(C)CCCOC.CC.CC. The molecule has 0 fully saturated rings. The molecule has 9 heteroatoms. The first-order valence-corrected chi connectivity index (χ1v) is 13.1. The highest BCUT2D eigenvalue weighted by atomic mass is 19.4. The van der Waals surface area contributed by atoms with Crippen molar-refractivity contribution in [3.63, 3.8) is 0 Å². The van der Waals surface area contributed by atoms with Crippen LogP contribution in [0.3, 0.4) is 0 Å². The molecule has 3 aromatic rings. The molecule has 0 aliphatic carbocycles. The van der Waals surface area contributed by atoms with Crippen LogP contribution in [0.1, 0.15) is 58.6 Å². The Morgan fingerprint density at radius 1 is 1.10 bits per heavy atom. The molecule has 1 aromatic heterocycles. The van der Waals surface area contributed by atoms with E-state index >= 15 is 0 Å². The molecule has 3 rings (SSSR count). The lowest BCUT2D eigenvalue weighted by Crippen LogP contribution is -2.05. The van der Waals surface area contributed by atoms with Gasteiger partial charge in [0.15, 0.2) is 5.82 Å². The summed E-state index contributed by atoms with van der Waals surface area (Å²) in [6.45, 7) is 14.5. The molecule has 0 amide bonds. The number of H-pyrrole nitrogens is 1. The summed E-state index contributed by atoms with van der Waals surface area (Å²) in [4.78, 5) is 9.12. The van der Waals surface area contributed by atoms with Crippen LogP contribution in [0.2, 0.25) is 0 Å². The van der Waals surface area contributed by atoms with E-state index in [-0.39, 0.29) is 11.6 Å². The number of nitrogens with one attached hydrogen (secondary N) is 2. The predicted molar refractivity (Wildman–Crippen MR) is 155 cm³/mol. The van der Waals surface area contributed by atoms with Crippen LogP contribution in [0.25, 0.3) is 11.4 Å². The number of aromatic nitrogens is 3. The number of anilines is 2. The van der Waals surface area contributed by atoms with Crippen LogP contribution in [0.15, 0.2) is 78.0 Å². The fraction of sp³-hybridized carbons (Fsp3) is 0.367. The minimum atomic E-state index is -4.42. The van der Waals surface area contributed by atoms with Crippen molar-refractivity contribution < 1.29 is 17.9 Å². The molecule has 0 saturated heterocycles. The number of hydrogen-bond donors (Lipinski definition) is 2. The van der Waals surface area contributed by atoms with Crippen LogP contribution < -0.4 is 5.32 Å². The van der Waals surface area contributed by atoms with E-state index < -0.39 is 11.7 Å². The van der Waals surface area contributed by atoms with Crippen molar-refractivity contribution in [2.75, 3.05) is 19.0 Å². The van der Waals surface area contributed by atoms with Crippen molar-refractivity contribution in [3.05, 3.63) is 84.1 Å². The van der Waals surface area contributed by atoms with Crippen molar-refractivity contribution in [2.24, 2.45) is 4.99 Å². The van der Waals surface area contributed by atoms with Gasteiger partial charge in [-0.3, -0.25) is 10.1 Å². The maximum absolute atomic E-state index is 13.0. The molecule has 0 aliphatic heterocycles. The lowest BCUT2D eigenvalue weighted by Gasteiger charge is -2.08. The largest absolute Gasteiger partial charge is 0.416 e. The van der Waals surface area contributed by atoms with Crippen molar-refractivity contribution in [2.45, 2.75) is 60.1 Å². The zero-order chi connectivity index (χ0) is 29.3. The van der Waals surface area contributed by atoms with E-state index in [0.29, 0.717) is 18.9 Å². The second-order valence-electron chi connectivity index (χ2n) is 7.93. The van der Waals surface area contributed by atoms with Gasteiger partial charge in [0.1, 0.15) is 0 Å². The third-order valence-corrected chi connectivity index (χ3v) is 5.05. The number of alkyl halides is 3. The monoisotopic (exact) mass is 543 g/mol. The number of aromatic amines is 1. The van der Waals surface area contributed by atoms with Crippen molar-refractivity contribution in [1.82, 2.24) is 15.2 Å². The minimum Gasteiger partial charge on any atom is -0.385 e. The summed E-state index contributed by atoms with van der Waals surface area (Å²) in [6, 6.07) is 12.6. The number of nitrogens with zero attached hydrogens (tertiary/aromatic N) is 3. The van der Waals surface area contributed by atoms with Gasteiger partial charge >= 0.3 is 6.18 Å². The van der Waals surface area contributed by atoms with Gasteiger partial charge in [-0.05, 0) is 55.7 Å². The fourth-order valence-corrected chi connectivity index (χ4v) is 3.43. The predicted octanol–water partition coefficient (Wildman–Crippen LogP) is 8.79. The van der Waals surface area contributed by atoms with Crippen LogP contribution in [0.4, 0.5) is 24.8 Å². The summed E-state index contributed by atoms with van der Waals surface area (Å²) in [7, 11) is 1.68. The molecular weight excluding hydrogens is 503 g/mol. The van der Waals surface area contributed by atoms with Crippen LogP contribution >= 0.6 is 0 Å². The average molecular weight is 544 g/mol. The molecule has 1 heterocycles. The van der Waals surface area contributed by atoms with Crippen LogP contribution in [0, 0.1) is 0 Å². The highest BCUT2D eigenvalue weighted by molar-refractivity contribution is 5.83. The molecule has 0 bridgehead atoms. The van der Waals surface area contributed by atoms with Gasteiger partial charge in [-0.2, -0.15) is 18.2 Å². The van der Waals surface area contributed by atoms with E-state index in [2.05, 4.69) is 27.1 Å². The standard InChI is InChI=1S/C26H28F3N5O.2C2H6/c1-4-8-22(30-18(2)9-7-14-35-3)16-19-10-5-11-20(15-19)24-32-25(34-33-24)31-23-13-6-12-21(17-23)26(27,28)29;2*1-2/h4-6,8,10-13,15,17H,1,7,9,14,16H2,2-3H3,(H2,31,32,33,34);2*1-2H3/b22-8-,30-18?;;. The molecule has 0 unspecified atom stereocenters. The van der Waals surface area contributed by atoms with Gasteiger partial charge in [-0.25, -0.2) is 0 Å². The molecule has 212 valence electrons. The normalized spacial score (nSPS) is 11.6. The smallest absolute Gasteiger partial charge is 0.385 e. The average Bonchev–Trinajstić information content (AvgIpc) is 3.40. The van der Waals surface area contributed by atoms with Crippen molar-refractivity contribution >= 4 is 17.3 Å². The molecule has 6 nitrogen and oxygen atoms in total. The number of halogens is 3. The summed E-state index contributed by atoms with van der Waals surface area (Å²) < 4.78 is 44.0. The van der Waals surface area contributed by atoms with Gasteiger partial charge in [-0.15, -0.1) is 5.10 Å². The first-order chi connectivity index (χ1) is 18.8. The summed E-state index contributed by atoms with van der Waals surface area (Å²) in [6.07, 6.45) is 1.54. The Labute approximate surface area is 230 Å². The van der Waals surface area contributed by atoms with E-state index in [1.54, 1.807) is 13.2 Å². The zero-order valence-electron chi connectivity index (χ0n) is 23.7. The molecule has 0 saturated carbocycles. The molecule has 0 atom stereocenters. The van der Waals surface area contributed by atoms with Gasteiger partial charge in [0.05, 0.1) is 5.56 Å². The lowest BCUT2D eigenvalue weighted by molar-refractivity contribution is -0.137. The minimum absolute atomic E-state index is 0.174. The van der Waals surface area contributed by atoms with E-state index in [1.165, 1.54) is 12.1 Å². The highest BCUT2D eigenvalue weighted by Gasteiger charge is 2.30. The lowest BCUT2D eigenvalue weighted by atomic mass is 10.1. The fourth-order valence-electron chi connectivity index (χ4n) is 3.43. The summed E-state index contributed by atoms with van der Waals surface area (Å²) >= 11 is 0.